The van der Waals surface area contributed by atoms with Gasteiger partial charge in [0.05, 0.1) is 23.5 Å². The van der Waals surface area contributed by atoms with E-state index in [1.807, 2.05) is 41.1 Å². The number of imidazole rings is 1. The lowest BCUT2D eigenvalue weighted by Crippen LogP contribution is -2.36. The van der Waals surface area contributed by atoms with Crippen LogP contribution < -0.4 is 5.32 Å². The van der Waals surface area contributed by atoms with Gasteiger partial charge in [-0.15, -0.1) is 0 Å². The number of benzene rings is 2. The van der Waals surface area contributed by atoms with Crippen molar-refractivity contribution in [2.24, 2.45) is 0 Å². The Morgan fingerprint density at radius 3 is 2.50 bits per heavy atom. The molecule has 0 atom stereocenters. The van der Waals surface area contributed by atoms with Crippen molar-refractivity contribution < 1.29 is 22.8 Å². The van der Waals surface area contributed by atoms with Gasteiger partial charge in [0.25, 0.3) is 0 Å². The predicted octanol–water partition coefficient (Wildman–Crippen LogP) is 4.14. The van der Waals surface area contributed by atoms with Gasteiger partial charge in [-0.3, -0.25) is 9.59 Å². The number of thioether (sulfide) groups is 1. The smallest absolute Gasteiger partial charge is 0.336 e. The molecule has 6 nitrogen and oxygen atoms in total. The van der Waals surface area contributed by atoms with Gasteiger partial charge in [-0.2, -0.15) is 13.2 Å². The molecule has 0 unspecified atom stereocenters. The van der Waals surface area contributed by atoms with Crippen LogP contribution in [-0.4, -0.2) is 45.6 Å². The van der Waals surface area contributed by atoms with E-state index in [1.165, 1.54) is 41.9 Å². The van der Waals surface area contributed by atoms with Gasteiger partial charge in [-0.25, -0.2) is 4.98 Å². The average molecular weight is 462 g/mol. The van der Waals surface area contributed by atoms with Gasteiger partial charge in [-0.05, 0) is 17.7 Å². The number of hydrogen-bond acceptors (Lipinski definition) is 4. The van der Waals surface area contributed by atoms with Crippen molar-refractivity contribution in [3.05, 3.63) is 78.1 Å². The topological polar surface area (TPSA) is 67.2 Å². The Hall–Kier alpha value is -3.27. The van der Waals surface area contributed by atoms with Crippen molar-refractivity contribution in [1.82, 2.24) is 14.5 Å². The van der Waals surface area contributed by atoms with E-state index in [2.05, 4.69) is 10.3 Å². The van der Waals surface area contributed by atoms with Crippen LogP contribution in [0.4, 0.5) is 18.9 Å². The Kier molecular flexibility index (Phi) is 7.57. The van der Waals surface area contributed by atoms with E-state index in [0.717, 1.165) is 11.6 Å². The number of amides is 2. The predicted molar refractivity (Wildman–Crippen MR) is 116 cm³/mol. The summed E-state index contributed by atoms with van der Waals surface area (Å²) >= 11 is 1.23. The highest BCUT2D eigenvalue weighted by atomic mass is 32.2. The van der Waals surface area contributed by atoms with E-state index >= 15 is 0 Å². The Balaban J connectivity index is 1.53. The van der Waals surface area contributed by atoms with Crippen LogP contribution in [-0.2, 0) is 22.3 Å². The SMILES string of the molecule is CN(CC(=O)Nc1ccccc1C(F)(F)F)C(=O)CSc1nccn1Cc1ccccc1. The highest BCUT2D eigenvalue weighted by Crippen LogP contribution is 2.34. The first-order valence-electron chi connectivity index (χ1n) is 9.62. The fourth-order valence-electron chi connectivity index (χ4n) is 2.91. The molecular weight excluding hydrogens is 441 g/mol. The van der Waals surface area contributed by atoms with E-state index in [9.17, 15) is 22.8 Å². The van der Waals surface area contributed by atoms with Gasteiger partial charge >= 0.3 is 6.18 Å². The third-order valence-electron chi connectivity index (χ3n) is 4.51. The number of aromatic nitrogens is 2. The molecule has 3 rings (SSSR count). The lowest BCUT2D eigenvalue weighted by molar-refractivity contribution is -0.137. The summed E-state index contributed by atoms with van der Waals surface area (Å²) in [6, 6.07) is 14.5. The largest absolute Gasteiger partial charge is 0.418 e. The van der Waals surface area contributed by atoms with Gasteiger partial charge in [0.15, 0.2) is 5.16 Å². The number of nitrogens with one attached hydrogen (secondary N) is 1. The fraction of sp³-hybridized carbons (Fsp3) is 0.227. The Labute approximate surface area is 187 Å². The fourth-order valence-corrected chi connectivity index (χ4v) is 3.80. The van der Waals surface area contributed by atoms with Gasteiger partial charge in [0.1, 0.15) is 0 Å². The molecule has 0 aliphatic rings. The molecule has 32 heavy (non-hydrogen) atoms. The van der Waals surface area contributed by atoms with Crippen molar-refractivity contribution in [3.8, 4) is 0 Å². The van der Waals surface area contributed by atoms with Gasteiger partial charge < -0.3 is 14.8 Å². The molecule has 1 heterocycles. The summed E-state index contributed by atoms with van der Waals surface area (Å²) < 4.78 is 41.1. The molecule has 10 heteroatoms. The van der Waals surface area contributed by atoms with Crippen LogP contribution in [0.2, 0.25) is 0 Å². The zero-order chi connectivity index (χ0) is 23.1. The first-order chi connectivity index (χ1) is 15.2. The molecule has 2 amide bonds. The van der Waals surface area contributed by atoms with Crippen molar-refractivity contribution in [2.45, 2.75) is 17.9 Å². The summed E-state index contributed by atoms with van der Waals surface area (Å²) in [5, 5.41) is 2.88. The molecule has 0 saturated carbocycles. The molecule has 168 valence electrons. The highest BCUT2D eigenvalue weighted by molar-refractivity contribution is 7.99. The second-order valence-corrected chi connectivity index (χ2v) is 7.90. The van der Waals surface area contributed by atoms with Crippen LogP contribution in [0.25, 0.3) is 0 Å². The molecule has 0 aliphatic carbocycles. The lowest BCUT2D eigenvalue weighted by atomic mass is 10.1. The number of nitrogens with zero attached hydrogens (tertiary/aromatic N) is 3. The van der Waals surface area contributed by atoms with E-state index in [4.69, 9.17) is 0 Å². The third kappa shape index (κ3) is 6.36. The molecule has 0 fully saturated rings. The van der Waals surface area contributed by atoms with Gasteiger partial charge in [0, 0.05) is 26.0 Å². The molecule has 0 radical (unpaired) electrons. The molecular formula is C22H21F3N4O2S. The highest BCUT2D eigenvalue weighted by Gasteiger charge is 2.33. The molecule has 0 bridgehead atoms. The van der Waals surface area contributed by atoms with Crippen LogP contribution in [0.5, 0.6) is 0 Å². The monoisotopic (exact) mass is 462 g/mol. The van der Waals surface area contributed by atoms with Gasteiger partial charge in [-0.1, -0.05) is 54.2 Å². The standard InChI is InChI=1S/C22H21F3N4O2S/c1-28(14-19(30)27-18-10-6-5-9-17(18)22(23,24)25)20(31)15-32-21-26-11-12-29(21)13-16-7-3-2-4-8-16/h2-12H,13-15H2,1H3,(H,27,30). The summed E-state index contributed by atoms with van der Waals surface area (Å²) in [6.45, 7) is 0.234. The van der Waals surface area contributed by atoms with Crippen LogP contribution in [0.3, 0.4) is 0 Å². The molecule has 2 aromatic carbocycles. The molecule has 3 aromatic rings. The lowest BCUT2D eigenvalue weighted by Gasteiger charge is -2.18. The number of carbonyl (C=O) groups is 2. The Bertz CT molecular complexity index is 1070. The van der Waals surface area contributed by atoms with Crippen molar-refractivity contribution in [2.75, 3.05) is 24.7 Å². The number of para-hydroxylation sites is 1. The molecule has 0 spiro atoms. The first kappa shape index (κ1) is 23.4. The van der Waals surface area contributed by atoms with E-state index in [0.29, 0.717) is 11.7 Å². The van der Waals surface area contributed by atoms with Crippen LogP contribution >= 0.6 is 11.8 Å². The van der Waals surface area contributed by atoms with Crippen molar-refractivity contribution >= 4 is 29.3 Å². The molecule has 1 N–H and O–H groups in total. The van der Waals surface area contributed by atoms with Crippen LogP contribution in [0.15, 0.2) is 72.1 Å². The van der Waals surface area contributed by atoms with Crippen molar-refractivity contribution in [1.29, 1.82) is 0 Å². The maximum absolute atomic E-state index is 13.1. The zero-order valence-electron chi connectivity index (χ0n) is 17.2. The number of carbonyl (C=O) groups excluding carboxylic acids is 2. The minimum absolute atomic E-state index is 0.0364. The maximum atomic E-state index is 13.1. The summed E-state index contributed by atoms with van der Waals surface area (Å²) in [7, 11) is 1.43. The van der Waals surface area contributed by atoms with Gasteiger partial charge in [0.2, 0.25) is 11.8 Å². The minimum atomic E-state index is -4.59. The number of hydrogen-bond donors (Lipinski definition) is 1. The number of likely N-dealkylation sites (N-methyl/N-ethyl adjacent to an activating group) is 1. The summed E-state index contributed by atoms with van der Waals surface area (Å²) in [5.74, 6) is -1.02. The number of halogens is 3. The van der Waals surface area contributed by atoms with Crippen LogP contribution in [0.1, 0.15) is 11.1 Å². The number of rotatable bonds is 8. The maximum Gasteiger partial charge on any atom is 0.418 e. The zero-order valence-corrected chi connectivity index (χ0v) is 18.0. The average Bonchev–Trinajstić information content (AvgIpc) is 3.19. The number of anilines is 1. The van der Waals surface area contributed by atoms with E-state index < -0.39 is 17.6 Å². The van der Waals surface area contributed by atoms with Crippen LogP contribution in [0, 0.1) is 0 Å². The van der Waals surface area contributed by atoms with E-state index in [1.54, 1.807) is 6.20 Å². The molecule has 0 aliphatic heterocycles. The minimum Gasteiger partial charge on any atom is -0.336 e. The number of alkyl halides is 3. The quantitative estimate of drug-likeness (QED) is 0.511. The van der Waals surface area contributed by atoms with E-state index in [-0.39, 0.29) is 23.9 Å². The first-order valence-corrected chi connectivity index (χ1v) is 10.6. The second kappa shape index (κ2) is 10.4. The third-order valence-corrected chi connectivity index (χ3v) is 5.50. The summed E-state index contributed by atoms with van der Waals surface area (Å²) in [5.41, 5.74) is -0.196. The summed E-state index contributed by atoms with van der Waals surface area (Å²) in [6.07, 6.45) is -1.13. The second-order valence-electron chi connectivity index (χ2n) is 6.95. The van der Waals surface area contributed by atoms with Crippen molar-refractivity contribution in [3.63, 3.8) is 0 Å². The summed E-state index contributed by atoms with van der Waals surface area (Å²) in [4.78, 5) is 30.1. The normalized spacial score (nSPS) is 11.2. The Morgan fingerprint density at radius 1 is 1.09 bits per heavy atom. The molecule has 1 aromatic heterocycles. The Morgan fingerprint density at radius 2 is 1.78 bits per heavy atom. The molecule has 0 saturated heterocycles.